The third-order valence-electron chi connectivity index (χ3n) is 4.32. The van der Waals surface area contributed by atoms with Crippen LogP contribution in [0, 0.1) is 12.8 Å². The zero-order valence-electron chi connectivity index (χ0n) is 10.6. The van der Waals surface area contributed by atoms with E-state index in [1.807, 2.05) is 0 Å². The molecule has 2 heteroatoms. The molecule has 2 nitrogen and oxygen atoms in total. The van der Waals surface area contributed by atoms with Gasteiger partial charge in [0.05, 0.1) is 0 Å². The molecule has 2 aliphatic heterocycles. The predicted molar refractivity (Wildman–Crippen MR) is 69.4 cm³/mol. The van der Waals surface area contributed by atoms with Crippen molar-refractivity contribution in [3.8, 4) is 0 Å². The Kier molecular flexibility index (Phi) is 5.11. The van der Waals surface area contributed by atoms with Crippen molar-refractivity contribution in [2.45, 2.75) is 51.0 Å². The molecule has 1 unspecified atom stereocenters. The van der Waals surface area contributed by atoms with Gasteiger partial charge in [-0.1, -0.05) is 19.8 Å². The molecule has 2 fully saturated rings. The number of likely N-dealkylation sites (tertiary alicyclic amines) is 1. The van der Waals surface area contributed by atoms with E-state index in [-0.39, 0.29) is 0 Å². The lowest BCUT2D eigenvalue weighted by atomic mass is 9.94. The van der Waals surface area contributed by atoms with Crippen molar-refractivity contribution in [2.75, 3.05) is 26.2 Å². The highest BCUT2D eigenvalue weighted by atomic mass is 15.1. The van der Waals surface area contributed by atoms with E-state index in [2.05, 4.69) is 17.1 Å². The molecule has 1 N–H and O–H groups in total. The van der Waals surface area contributed by atoms with E-state index < -0.39 is 0 Å². The Morgan fingerprint density at radius 3 is 2.56 bits per heavy atom. The SMILES string of the molecule is [CH2]CC1CCN(CCC2CCCCN2)CC1. The summed E-state index contributed by atoms with van der Waals surface area (Å²) in [6, 6.07) is 0.805. The van der Waals surface area contributed by atoms with Crippen molar-refractivity contribution >= 4 is 0 Å². The Balaban J connectivity index is 1.59. The number of hydrogen-bond donors (Lipinski definition) is 1. The normalized spacial score (nSPS) is 29.4. The summed E-state index contributed by atoms with van der Waals surface area (Å²) in [5.41, 5.74) is 0. The number of nitrogens with one attached hydrogen (secondary N) is 1. The molecule has 0 aromatic rings. The third-order valence-corrected chi connectivity index (χ3v) is 4.32. The Bertz CT molecular complexity index is 179. The summed E-state index contributed by atoms with van der Waals surface area (Å²) in [4.78, 5) is 2.66. The lowest BCUT2D eigenvalue weighted by molar-refractivity contribution is 0.174. The Morgan fingerprint density at radius 1 is 1.12 bits per heavy atom. The van der Waals surface area contributed by atoms with Crippen LogP contribution in [0.1, 0.15) is 44.9 Å². The lowest BCUT2D eigenvalue weighted by Crippen LogP contribution is -2.40. The van der Waals surface area contributed by atoms with E-state index in [1.165, 1.54) is 64.7 Å². The van der Waals surface area contributed by atoms with Gasteiger partial charge in [-0.05, 0) is 64.2 Å². The number of nitrogens with zero attached hydrogens (tertiary/aromatic N) is 1. The molecule has 2 heterocycles. The van der Waals surface area contributed by atoms with Crippen LogP contribution in [0.2, 0.25) is 0 Å². The van der Waals surface area contributed by atoms with Crippen LogP contribution in [-0.2, 0) is 0 Å². The summed E-state index contributed by atoms with van der Waals surface area (Å²) in [5.74, 6) is 0.907. The molecule has 0 aromatic heterocycles. The first-order chi connectivity index (χ1) is 7.88. The van der Waals surface area contributed by atoms with Gasteiger partial charge in [0, 0.05) is 6.04 Å². The van der Waals surface area contributed by atoms with Gasteiger partial charge in [-0.2, -0.15) is 0 Å². The molecule has 0 aliphatic carbocycles. The lowest BCUT2D eigenvalue weighted by Gasteiger charge is -2.33. The van der Waals surface area contributed by atoms with E-state index in [9.17, 15) is 0 Å². The van der Waals surface area contributed by atoms with E-state index >= 15 is 0 Å². The van der Waals surface area contributed by atoms with Crippen molar-refractivity contribution in [1.82, 2.24) is 10.2 Å². The Morgan fingerprint density at radius 2 is 1.94 bits per heavy atom. The van der Waals surface area contributed by atoms with Gasteiger partial charge in [-0.25, -0.2) is 0 Å². The van der Waals surface area contributed by atoms with Crippen LogP contribution >= 0.6 is 0 Å². The quantitative estimate of drug-likeness (QED) is 0.787. The number of hydrogen-bond acceptors (Lipinski definition) is 2. The number of rotatable bonds is 4. The van der Waals surface area contributed by atoms with Gasteiger partial charge in [0.15, 0.2) is 0 Å². The standard InChI is InChI=1S/C14H27N2/c1-2-13-6-10-16(11-7-13)12-8-14-5-3-4-9-15-14/h13-15H,1-12H2. The van der Waals surface area contributed by atoms with Gasteiger partial charge in [0.2, 0.25) is 0 Å². The summed E-state index contributed by atoms with van der Waals surface area (Å²) < 4.78 is 0. The van der Waals surface area contributed by atoms with E-state index in [0.717, 1.165) is 18.4 Å². The highest BCUT2D eigenvalue weighted by Crippen LogP contribution is 2.20. The predicted octanol–water partition coefficient (Wildman–Crippen LogP) is 2.45. The second-order valence-electron chi connectivity index (χ2n) is 5.51. The molecule has 0 bridgehead atoms. The molecule has 0 aromatic carbocycles. The van der Waals surface area contributed by atoms with Crippen molar-refractivity contribution in [3.63, 3.8) is 0 Å². The Hall–Kier alpha value is -0.0800. The summed E-state index contributed by atoms with van der Waals surface area (Å²) in [7, 11) is 0. The van der Waals surface area contributed by atoms with Crippen LogP contribution in [0.5, 0.6) is 0 Å². The molecular formula is C14H27N2. The van der Waals surface area contributed by atoms with E-state index in [0.29, 0.717) is 0 Å². The van der Waals surface area contributed by atoms with Crippen LogP contribution in [0.3, 0.4) is 0 Å². The minimum absolute atomic E-state index is 0.805. The molecule has 2 aliphatic rings. The fourth-order valence-corrected chi connectivity index (χ4v) is 3.01. The minimum atomic E-state index is 0.805. The van der Waals surface area contributed by atoms with Crippen LogP contribution in [0.4, 0.5) is 0 Å². The van der Waals surface area contributed by atoms with Gasteiger partial charge in [-0.3, -0.25) is 0 Å². The summed E-state index contributed by atoms with van der Waals surface area (Å²) in [5, 5.41) is 3.64. The first-order valence-electron chi connectivity index (χ1n) is 7.13. The monoisotopic (exact) mass is 223 g/mol. The second kappa shape index (κ2) is 6.61. The van der Waals surface area contributed by atoms with Crippen molar-refractivity contribution < 1.29 is 0 Å². The van der Waals surface area contributed by atoms with Gasteiger partial charge in [0.1, 0.15) is 0 Å². The van der Waals surface area contributed by atoms with Crippen LogP contribution in [-0.4, -0.2) is 37.1 Å². The fraction of sp³-hybridized carbons (Fsp3) is 0.929. The second-order valence-corrected chi connectivity index (χ2v) is 5.51. The summed E-state index contributed by atoms with van der Waals surface area (Å²) >= 11 is 0. The van der Waals surface area contributed by atoms with Gasteiger partial charge in [-0.15, -0.1) is 0 Å². The van der Waals surface area contributed by atoms with E-state index in [4.69, 9.17) is 0 Å². The highest BCUT2D eigenvalue weighted by molar-refractivity contribution is 4.77. The fourth-order valence-electron chi connectivity index (χ4n) is 3.01. The van der Waals surface area contributed by atoms with Crippen LogP contribution in [0.25, 0.3) is 0 Å². The van der Waals surface area contributed by atoms with E-state index in [1.54, 1.807) is 0 Å². The molecule has 1 radical (unpaired) electrons. The van der Waals surface area contributed by atoms with Gasteiger partial charge >= 0.3 is 0 Å². The maximum atomic E-state index is 4.03. The third kappa shape index (κ3) is 3.74. The molecule has 2 saturated heterocycles. The zero-order valence-corrected chi connectivity index (χ0v) is 10.6. The molecule has 1 atom stereocenters. The van der Waals surface area contributed by atoms with Crippen molar-refractivity contribution in [1.29, 1.82) is 0 Å². The maximum Gasteiger partial charge on any atom is 0.00792 e. The molecule has 16 heavy (non-hydrogen) atoms. The highest BCUT2D eigenvalue weighted by Gasteiger charge is 2.19. The first-order valence-corrected chi connectivity index (χ1v) is 7.13. The summed E-state index contributed by atoms with van der Waals surface area (Å²) in [6.45, 7) is 9.20. The van der Waals surface area contributed by atoms with Crippen LogP contribution < -0.4 is 5.32 Å². The van der Waals surface area contributed by atoms with Crippen LogP contribution in [0.15, 0.2) is 0 Å². The zero-order chi connectivity index (χ0) is 11.2. The average molecular weight is 223 g/mol. The summed E-state index contributed by atoms with van der Waals surface area (Å²) in [6.07, 6.45) is 9.46. The first kappa shape index (κ1) is 12.4. The van der Waals surface area contributed by atoms with Crippen molar-refractivity contribution in [2.24, 2.45) is 5.92 Å². The van der Waals surface area contributed by atoms with Gasteiger partial charge < -0.3 is 10.2 Å². The maximum absolute atomic E-state index is 4.03. The van der Waals surface area contributed by atoms with Crippen molar-refractivity contribution in [3.05, 3.63) is 6.92 Å². The smallest absolute Gasteiger partial charge is 0.00792 e. The number of piperidine rings is 2. The van der Waals surface area contributed by atoms with Gasteiger partial charge in [0.25, 0.3) is 0 Å². The molecule has 0 saturated carbocycles. The molecule has 0 amide bonds. The molecule has 2 rings (SSSR count). The minimum Gasteiger partial charge on any atom is -0.314 e. The molecule has 0 spiro atoms. The molecular weight excluding hydrogens is 196 g/mol. The largest absolute Gasteiger partial charge is 0.314 e. The molecule has 93 valence electrons. The average Bonchev–Trinajstić information content (AvgIpc) is 2.38. The topological polar surface area (TPSA) is 15.3 Å². The Labute approximate surface area is 101 Å².